The van der Waals surface area contributed by atoms with Crippen molar-refractivity contribution in [1.29, 1.82) is 10.5 Å². The zero-order valence-corrected chi connectivity index (χ0v) is 16.0. The average molecular weight is 374 g/mol. The summed E-state index contributed by atoms with van der Waals surface area (Å²) < 4.78 is 12.6. The topological polar surface area (TPSA) is 101 Å². The Morgan fingerprint density at radius 1 is 1.11 bits per heavy atom. The van der Waals surface area contributed by atoms with E-state index < -0.39 is 11.7 Å². The highest BCUT2D eigenvalue weighted by molar-refractivity contribution is 5.94. The van der Waals surface area contributed by atoms with Crippen LogP contribution >= 0.6 is 0 Å². The number of aryl methyl sites for hydroxylation is 1. The Labute approximate surface area is 162 Å². The molecule has 0 spiro atoms. The monoisotopic (exact) mass is 374 g/mol. The average Bonchev–Trinajstić information content (AvgIpc) is 2.98. The van der Waals surface area contributed by atoms with Crippen LogP contribution in [0.2, 0.25) is 0 Å². The fraction of sp³-hybridized carbons (Fsp3) is 0.238. The Morgan fingerprint density at radius 3 is 2.32 bits per heavy atom. The van der Waals surface area contributed by atoms with E-state index in [2.05, 4.69) is 5.10 Å². The first-order chi connectivity index (χ1) is 13.2. The van der Waals surface area contributed by atoms with E-state index >= 15 is 0 Å². The lowest BCUT2D eigenvalue weighted by molar-refractivity contribution is 0.0522. The van der Waals surface area contributed by atoms with Crippen LogP contribution in [-0.2, 0) is 4.74 Å². The predicted octanol–water partition coefficient (Wildman–Crippen LogP) is 4.66. The Kier molecular flexibility index (Phi) is 4.77. The molecule has 7 nitrogen and oxygen atoms in total. The van der Waals surface area contributed by atoms with Crippen molar-refractivity contribution in [3.8, 4) is 23.6 Å². The first-order valence-electron chi connectivity index (χ1n) is 8.56. The van der Waals surface area contributed by atoms with E-state index in [-0.39, 0.29) is 0 Å². The first-order valence-corrected chi connectivity index (χ1v) is 8.56. The molecule has 0 aliphatic heterocycles. The van der Waals surface area contributed by atoms with E-state index in [4.69, 9.17) is 20.0 Å². The predicted molar refractivity (Wildman–Crippen MR) is 102 cm³/mol. The van der Waals surface area contributed by atoms with Gasteiger partial charge in [-0.25, -0.2) is 4.79 Å². The molecule has 0 atom stereocenters. The quantitative estimate of drug-likeness (QED) is 0.646. The third-order valence-electron chi connectivity index (χ3n) is 3.80. The maximum Gasteiger partial charge on any atom is 0.435 e. The number of fused-ring (bicyclic) bond motifs is 1. The lowest BCUT2D eigenvalue weighted by Crippen LogP contribution is -2.27. The van der Waals surface area contributed by atoms with Crippen molar-refractivity contribution in [2.45, 2.75) is 33.3 Å². The van der Waals surface area contributed by atoms with Crippen molar-refractivity contribution in [1.82, 2.24) is 9.78 Å². The number of rotatable bonds is 2. The fourth-order valence-electron chi connectivity index (χ4n) is 2.76. The van der Waals surface area contributed by atoms with Gasteiger partial charge in [-0.1, -0.05) is 6.07 Å². The van der Waals surface area contributed by atoms with E-state index in [0.717, 1.165) is 0 Å². The number of hydrogen-bond donors (Lipinski definition) is 0. The van der Waals surface area contributed by atoms with Crippen molar-refractivity contribution < 1.29 is 14.3 Å². The second kappa shape index (κ2) is 7.05. The summed E-state index contributed by atoms with van der Waals surface area (Å²) in [5.74, 6) is 0.816. The summed E-state index contributed by atoms with van der Waals surface area (Å²) in [4.78, 5) is 12.5. The summed E-state index contributed by atoms with van der Waals surface area (Å²) in [7, 11) is 0. The van der Waals surface area contributed by atoms with E-state index in [1.54, 1.807) is 58.0 Å². The van der Waals surface area contributed by atoms with Crippen LogP contribution in [0.4, 0.5) is 4.79 Å². The van der Waals surface area contributed by atoms with Crippen LogP contribution in [0.15, 0.2) is 36.4 Å². The Hall–Kier alpha value is -3.84. The standard InChI is InChI=1S/C21H18N4O3/c1-13-19-17(25(24-13)20(26)28-21(2,3)4)6-5-7-18(19)27-16-9-14(11-22)8-15(10-16)12-23/h5-10H,1-4H3. The number of carbonyl (C=O) groups excluding carboxylic acids is 1. The summed E-state index contributed by atoms with van der Waals surface area (Å²) in [5, 5.41) is 23.2. The molecule has 0 unspecified atom stereocenters. The van der Waals surface area contributed by atoms with Crippen LogP contribution in [0.25, 0.3) is 10.9 Å². The molecule has 3 aromatic rings. The smallest absolute Gasteiger partial charge is 0.435 e. The third kappa shape index (κ3) is 3.79. The zero-order chi connectivity index (χ0) is 20.5. The molecule has 7 heteroatoms. The molecule has 0 aliphatic rings. The van der Waals surface area contributed by atoms with Gasteiger partial charge in [-0.05, 0) is 58.0 Å². The van der Waals surface area contributed by atoms with Gasteiger partial charge in [0.15, 0.2) is 0 Å². The number of nitrogens with zero attached hydrogens (tertiary/aromatic N) is 4. The minimum atomic E-state index is -0.650. The van der Waals surface area contributed by atoms with Gasteiger partial charge in [-0.3, -0.25) is 0 Å². The van der Waals surface area contributed by atoms with Crippen LogP contribution in [0.3, 0.4) is 0 Å². The van der Waals surface area contributed by atoms with Crippen molar-refractivity contribution >= 4 is 17.0 Å². The molecule has 140 valence electrons. The minimum Gasteiger partial charge on any atom is -0.456 e. The number of benzene rings is 2. The second-order valence-corrected chi connectivity index (χ2v) is 7.20. The van der Waals surface area contributed by atoms with Crippen molar-refractivity contribution in [3.63, 3.8) is 0 Å². The number of aromatic nitrogens is 2. The Morgan fingerprint density at radius 2 is 1.75 bits per heavy atom. The number of ether oxygens (including phenoxy) is 2. The van der Waals surface area contributed by atoms with Crippen LogP contribution in [0, 0.1) is 29.6 Å². The summed E-state index contributed by atoms with van der Waals surface area (Å²) >= 11 is 0. The van der Waals surface area contributed by atoms with Gasteiger partial charge in [0.25, 0.3) is 0 Å². The molecule has 0 N–H and O–H groups in total. The number of hydrogen-bond acceptors (Lipinski definition) is 6. The van der Waals surface area contributed by atoms with Crippen LogP contribution in [-0.4, -0.2) is 21.5 Å². The minimum absolute atomic E-state index is 0.322. The van der Waals surface area contributed by atoms with E-state index in [9.17, 15) is 4.79 Å². The molecule has 1 heterocycles. The summed E-state index contributed by atoms with van der Waals surface area (Å²) in [6.45, 7) is 7.12. The van der Waals surface area contributed by atoms with Crippen molar-refractivity contribution in [3.05, 3.63) is 53.2 Å². The molecular weight excluding hydrogens is 356 g/mol. The van der Waals surface area contributed by atoms with Crippen LogP contribution in [0.1, 0.15) is 37.6 Å². The number of nitriles is 2. The van der Waals surface area contributed by atoms with Crippen molar-refractivity contribution in [2.24, 2.45) is 0 Å². The zero-order valence-electron chi connectivity index (χ0n) is 16.0. The lowest BCUT2D eigenvalue weighted by atomic mass is 10.1. The first kappa shape index (κ1) is 18.9. The lowest BCUT2D eigenvalue weighted by Gasteiger charge is -2.19. The molecule has 28 heavy (non-hydrogen) atoms. The SMILES string of the molecule is Cc1nn(C(=O)OC(C)(C)C)c2cccc(Oc3cc(C#N)cc(C#N)c3)c12. The van der Waals surface area contributed by atoms with Gasteiger partial charge in [0.2, 0.25) is 0 Å². The molecular formula is C21H18N4O3. The molecule has 2 aromatic carbocycles. The highest BCUT2D eigenvalue weighted by Crippen LogP contribution is 2.33. The van der Waals surface area contributed by atoms with Crippen LogP contribution in [0.5, 0.6) is 11.5 Å². The van der Waals surface area contributed by atoms with E-state index in [0.29, 0.717) is 39.2 Å². The van der Waals surface area contributed by atoms with Gasteiger partial charge in [0.05, 0.1) is 39.9 Å². The summed E-state index contributed by atoms with van der Waals surface area (Å²) in [6.07, 6.45) is -0.582. The van der Waals surface area contributed by atoms with Gasteiger partial charge < -0.3 is 9.47 Å². The molecule has 0 aliphatic carbocycles. The van der Waals surface area contributed by atoms with Gasteiger partial charge in [0.1, 0.15) is 17.1 Å². The molecule has 3 rings (SSSR count). The molecule has 0 saturated carbocycles. The fourth-order valence-corrected chi connectivity index (χ4v) is 2.76. The molecule has 0 bridgehead atoms. The Balaban J connectivity index is 2.06. The Bertz CT molecular complexity index is 1130. The van der Waals surface area contributed by atoms with Crippen LogP contribution < -0.4 is 4.74 Å². The van der Waals surface area contributed by atoms with Gasteiger partial charge in [0, 0.05) is 0 Å². The number of carbonyl (C=O) groups is 1. The largest absolute Gasteiger partial charge is 0.456 e. The molecule has 0 amide bonds. The highest BCUT2D eigenvalue weighted by Gasteiger charge is 2.22. The second-order valence-electron chi connectivity index (χ2n) is 7.20. The molecule has 0 fully saturated rings. The van der Waals surface area contributed by atoms with Gasteiger partial charge in [-0.2, -0.15) is 20.3 Å². The van der Waals surface area contributed by atoms with Crippen molar-refractivity contribution in [2.75, 3.05) is 0 Å². The van der Waals surface area contributed by atoms with E-state index in [1.807, 2.05) is 12.1 Å². The highest BCUT2D eigenvalue weighted by atomic mass is 16.6. The van der Waals surface area contributed by atoms with Gasteiger partial charge >= 0.3 is 6.09 Å². The molecule has 0 radical (unpaired) electrons. The molecule has 1 aromatic heterocycles. The summed E-state index contributed by atoms with van der Waals surface area (Å²) in [5.41, 5.74) is 1.13. The maximum absolute atomic E-state index is 12.5. The maximum atomic E-state index is 12.5. The third-order valence-corrected chi connectivity index (χ3v) is 3.80. The summed E-state index contributed by atoms with van der Waals surface area (Å²) in [6, 6.07) is 13.8. The van der Waals surface area contributed by atoms with E-state index in [1.165, 1.54) is 10.7 Å². The van der Waals surface area contributed by atoms with Gasteiger partial charge in [-0.15, -0.1) is 0 Å². The molecule has 0 saturated heterocycles. The normalized spacial score (nSPS) is 10.9.